The summed E-state index contributed by atoms with van der Waals surface area (Å²) in [5.41, 5.74) is 5.28. The van der Waals surface area contributed by atoms with Gasteiger partial charge < -0.3 is 4.74 Å². The van der Waals surface area contributed by atoms with E-state index in [0.29, 0.717) is 12.8 Å². The number of hydrogen-bond acceptors (Lipinski definition) is 3. The van der Waals surface area contributed by atoms with Crippen LogP contribution in [0.5, 0.6) is 5.75 Å². The zero-order valence-corrected chi connectivity index (χ0v) is 14.5. The summed E-state index contributed by atoms with van der Waals surface area (Å²) in [6, 6.07) is 19.9. The average Bonchev–Trinajstić information content (AvgIpc) is 2.62. The molecule has 1 aromatic heterocycles. The summed E-state index contributed by atoms with van der Waals surface area (Å²) in [7, 11) is 1.63. The van der Waals surface area contributed by atoms with Crippen molar-refractivity contribution in [2.24, 2.45) is 0 Å². The van der Waals surface area contributed by atoms with Crippen LogP contribution in [0, 0.1) is 6.92 Å². The highest BCUT2D eigenvalue weighted by Gasteiger charge is 2.07. The monoisotopic (exact) mass is 331 g/mol. The number of rotatable bonds is 6. The number of aromatic nitrogens is 1. The molecule has 3 rings (SSSR count). The zero-order chi connectivity index (χ0) is 17.6. The maximum absolute atomic E-state index is 12.3. The van der Waals surface area contributed by atoms with Crippen LogP contribution in [-0.4, -0.2) is 17.9 Å². The van der Waals surface area contributed by atoms with E-state index in [0.717, 1.165) is 33.7 Å². The number of ether oxygens (including phenoxy) is 1. The Morgan fingerprint density at radius 3 is 2.40 bits per heavy atom. The fourth-order valence-corrected chi connectivity index (χ4v) is 2.84. The molecule has 3 aromatic rings. The molecule has 25 heavy (non-hydrogen) atoms. The van der Waals surface area contributed by atoms with Crippen LogP contribution in [0.3, 0.4) is 0 Å². The molecule has 0 amide bonds. The molecule has 0 aliphatic heterocycles. The fraction of sp³-hybridized carbons (Fsp3) is 0.182. The summed E-state index contributed by atoms with van der Waals surface area (Å²) in [6.07, 6.45) is 2.67. The summed E-state index contributed by atoms with van der Waals surface area (Å²) < 4.78 is 5.20. The highest BCUT2D eigenvalue weighted by Crippen LogP contribution is 2.20. The summed E-state index contributed by atoms with van der Waals surface area (Å²) in [6.45, 7) is 1.98. The lowest BCUT2D eigenvalue weighted by Gasteiger charge is -2.06. The Hall–Kier alpha value is -2.94. The van der Waals surface area contributed by atoms with Crippen LogP contribution in [0.25, 0.3) is 11.1 Å². The lowest BCUT2D eigenvalue weighted by atomic mass is 9.99. The first-order chi connectivity index (χ1) is 12.1. The molecule has 0 aliphatic carbocycles. The lowest BCUT2D eigenvalue weighted by Crippen LogP contribution is -2.06. The van der Waals surface area contributed by atoms with Crippen LogP contribution in [0.4, 0.5) is 0 Å². The van der Waals surface area contributed by atoms with Gasteiger partial charge in [-0.3, -0.25) is 9.78 Å². The second-order valence-electron chi connectivity index (χ2n) is 6.13. The van der Waals surface area contributed by atoms with Crippen LogP contribution < -0.4 is 4.74 Å². The van der Waals surface area contributed by atoms with Gasteiger partial charge in [-0.2, -0.15) is 0 Å². The van der Waals surface area contributed by atoms with E-state index >= 15 is 0 Å². The second-order valence-corrected chi connectivity index (χ2v) is 6.13. The molecule has 0 atom stereocenters. The molecule has 0 radical (unpaired) electrons. The van der Waals surface area contributed by atoms with Crippen LogP contribution in [0.15, 0.2) is 66.9 Å². The molecule has 1 heterocycles. The number of nitrogens with zero attached hydrogens (tertiary/aromatic N) is 1. The standard InChI is InChI=1S/C22H21NO2/c1-16-12-20(10-11-23-16)19-8-6-17(7-9-19)13-21(24)14-18-4-3-5-22(15-18)25-2/h3-12,15H,13-14H2,1-2H3. The van der Waals surface area contributed by atoms with E-state index in [-0.39, 0.29) is 5.78 Å². The first-order valence-electron chi connectivity index (χ1n) is 8.30. The highest BCUT2D eigenvalue weighted by atomic mass is 16.5. The Morgan fingerprint density at radius 1 is 0.920 bits per heavy atom. The van der Waals surface area contributed by atoms with E-state index in [1.165, 1.54) is 0 Å². The van der Waals surface area contributed by atoms with Gasteiger partial charge in [0.2, 0.25) is 0 Å². The number of carbonyl (C=O) groups is 1. The molecule has 0 saturated carbocycles. The molecule has 126 valence electrons. The van der Waals surface area contributed by atoms with Crippen LogP contribution >= 0.6 is 0 Å². The van der Waals surface area contributed by atoms with Gasteiger partial charge in [-0.1, -0.05) is 36.4 Å². The molecular weight excluding hydrogens is 310 g/mol. The average molecular weight is 331 g/mol. The molecular formula is C22H21NO2. The van der Waals surface area contributed by atoms with Crippen molar-refractivity contribution in [2.75, 3.05) is 7.11 Å². The van der Waals surface area contributed by atoms with Gasteiger partial charge in [-0.05, 0) is 53.4 Å². The number of benzene rings is 2. The molecule has 3 heteroatoms. The Morgan fingerprint density at radius 2 is 1.68 bits per heavy atom. The zero-order valence-electron chi connectivity index (χ0n) is 14.5. The van der Waals surface area contributed by atoms with Gasteiger partial charge in [-0.25, -0.2) is 0 Å². The van der Waals surface area contributed by atoms with Gasteiger partial charge in [0.15, 0.2) is 0 Å². The topological polar surface area (TPSA) is 39.2 Å². The lowest BCUT2D eigenvalue weighted by molar-refractivity contribution is -0.117. The molecule has 0 spiro atoms. The van der Waals surface area contributed by atoms with Crippen molar-refractivity contribution in [3.63, 3.8) is 0 Å². The Labute approximate surface area is 148 Å². The molecule has 0 saturated heterocycles. The van der Waals surface area contributed by atoms with Crippen molar-refractivity contribution in [1.82, 2.24) is 4.98 Å². The Balaban J connectivity index is 1.65. The van der Waals surface area contributed by atoms with E-state index in [1.54, 1.807) is 7.11 Å². The largest absolute Gasteiger partial charge is 0.497 e. The van der Waals surface area contributed by atoms with Crippen molar-refractivity contribution in [1.29, 1.82) is 0 Å². The molecule has 0 unspecified atom stereocenters. The van der Waals surface area contributed by atoms with Gasteiger partial charge >= 0.3 is 0 Å². The molecule has 0 fully saturated rings. The van der Waals surface area contributed by atoms with Gasteiger partial charge in [-0.15, -0.1) is 0 Å². The molecule has 0 bridgehead atoms. The van der Waals surface area contributed by atoms with E-state index < -0.39 is 0 Å². The first-order valence-corrected chi connectivity index (χ1v) is 8.30. The predicted molar refractivity (Wildman–Crippen MR) is 99.8 cm³/mol. The maximum atomic E-state index is 12.3. The summed E-state index contributed by atoms with van der Waals surface area (Å²) in [5, 5.41) is 0. The minimum Gasteiger partial charge on any atom is -0.497 e. The van der Waals surface area contributed by atoms with Crippen molar-refractivity contribution in [3.05, 3.63) is 83.7 Å². The highest BCUT2D eigenvalue weighted by molar-refractivity contribution is 5.83. The number of hydrogen-bond donors (Lipinski definition) is 0. The normalized spacial score (nSPS) is 10.5. The fourth-order valence-electron chi connectivity index (χ4n) is 2.84. The van der Waals surface area contributed by atoms with Crippen molar-refractivity contribution >= 4 is 5.78 Å². The SMILES string of the molecule is COc1cccc(CC(=O)Cc2ccc(-c3ccnc(C)c3)cc2)c1. The van der Waals surface area contributed by atoms with Crippen LogP contribution in [0.1, 0.15) is 16.8 Å². The van der Waals surface area contributed by atoms with Crippen LogP contribution in [-0.2, 0) is 17.6 Å². The van der Waals surface area contributed by atoms with Crippen molar-refractivity contribution in [2.45, 2.75) is 19.8 Å². The summed E-state index contributed by atoms with van der Waals surface area (Å²) >= 11 is 0. The quantitative estimate of drug-likeness (QED) is 0.671. The van der Waals surface area contributed by atoms with Crippen LogP contribution in [0.2, 0.25) is 0 Å². The van der Waals surface area contributed by atoms with Crippen molar-refractivity contribution < 1.29 is 9.53 Å². The van der Waals surface area contributed by atoms with E-state index in [9.17, 15) is 4.79 Å². The number of ketones is 1. The van der Waals surface area contributed by atoms with E-state index in [2.05, 4.69) is 23.2 Å². The third-order valence-corrected chi connectivity index (χ3v) is 4.12. The molecule has 0 N–H and O–H groups in total. The Bertz CT molecular complexity index is 869. The second kappa shape index (κ2) is 7.75. The molecule has 2 aromatic carbocycles. The maximum Gasteiger partial charge on any atom is 0.141 e. The summed E-state index contributed by atoms with van der Waals surface area (Å²) in [4.78, 5) is 16.6. The van der Waals surface area contributed by atoms with Gasteiger partial charge in [0.25, 0.3) is 0 Å². The number of pyridine rings is 1. The van der Waals surface area contributed by atoms with E-state index in [4.69, 9.17) is 4.74 Å². The minimum absolute atomic E-state index is 0.195. The third-order valence-electron chi connectivity index (χ3n) is 4.12. The predicted octanol–water partition coefficient (Wildman–Crippen LogP) is 4.42. The number of carbonyl (C=O) groups excluding carboxylic acids is 1. The third kappa shape index (κ3) is 4.54. The van der Waals surface area contributed by atoms with E-state index in [1.807, 2.05) is 55.6 Å². The Kier molecular flexibility index (Phi) is 5.24. The number of methoxy groups -OCH3 is 1. The van der Waals surface area contributed by atoms with Gasteiger partial charge in [0, 0.05) is 24.7 Å². The smallest absolute Gasteiger partial charge is 0.141 e. The first kappa shape index (κ1) is 16.9. The van der Waals surface area contributed by atoms with Gasteiger partial charge in [0.1, 0.15) is 11.5 Å². The summed E-state index contributed by atoms with van der Waals surface area (Å²) in [5.74, 6) is 0.975. The molecule has 3 nitrogen and oxygen atoms in total. The minimum atomic E-state index is 0.195. The molecule has 0 aliphatic rings. The van der Waals surface area contributed by atoms with Gasteiger partial charge in [0.05, 0.1) is 7.11 Å². The number of aryl methyl sites for hydroxylation is 1. The number of Topliss-reactive ketones (excluding diaryl/α,β-unsaturated/α-hetero) is 1. The van der Waals surface area contributed by atoms with Crippen molar-refractivity contribution in [3.8, 4) is 16.9 Å².